The number of hydrogen-bond acceptors (Lipinski definition) is 5. The molecule has 0 bridgehead atoms. The van der Waals surface area contributed by atoms with Gasteiger partial charge in [-0.2, -0.15) is 0 Å². The SMILES string of the molecule is CCC[C@@H](C[C@H]1C(O)C(C(=O)O)C[C@H]1N=CNN)C(C)CNC(C)=O. The first kappa shape index (κ1) is 21.4. The predicted molar refractivity (Wildman–Crippen MR) is 95.7 cm³/mol. The summed E-state index contributed by atoms with van der Waals surface area (Å²) in [5.74, 6) is 3.63. The molecule has 1 fully saturated rings. The van der Waals surface area contributed by atoms with Crippen LogP contribution in [0.3, 0.4) is 0 Å². The number of carbonyl (C=O) groups is 2. The molecule has 0 saturated heterocycles. The molecule has 0 aromatic heterocycles. The molecular weight excluding hydrogens is 324 g/mol. The van der Waals surface area contributed by atoms with Crippen LogP contribution in [0.4, 0.5) is 0 Å². The molecule has 6 N–H and O–H groups in total. The van der Waals surface area contributed by atoms with Gasteiger partial charge in [0.25, 0.3) is 0 Å². The van der Waals surface area contributed by atoms with Crippen molar-refractivity contribution in [1.82, 2.24) is 10.7 Å². The lowest BCUT2D eigenvalue weighted by Crippen LogP contribution is -2.34. The second-order valence-corrected chi connectivity index (χ2v) is 7.05. The average Bonchev–Trinajstić information content (AvgIpc) is 2.86. The number of rotatable bonds is 10. The third-order valence-electron chi connectivity index (χ3n) is 5.21. The van der Waals surface area contributed by atoms with Crippen LogP contribution in [-0.2, 0) is 9.59 Å². The summed E-state index contributed by atoms with van der Waals surface area (Å²) >= 11 is 0. The molecule has 3 unspecified atom stereocenters. The minimum atomic E-state index is -0.991. The van der Waals surface area contributed by atoms with E-state index in [1.165, 1.54) is 13.3 Å². The molecule has 0 aromatic carbocycles. The van der Waals surface area contributed by atoms with Crippen molar-refractivity contribution >= 4 is 18.2 Å². The van der Waals surface area contributed by atoms with Crippen molar-refractivity contribution < 1.29 is 19.8 Å². The Labute approximate surface area is 149 Å². The monoisotopic (exact) mass is 356 g/mol. The highest BCUT2D eigenvalue weighted by Crippen LogP contribution is 2.40. The van der Waals surface area contributed by atoms with Gasteiger partial charge >= 0.3 is 5.97 Å². The lowest BCUT2D eigenvalue weighted by Gasteiger charge is -2.29. The summed E-state index contributed by atoms with van der Waals surface area (Å²) in [6.07, 6.45) is 3.34. The van der Waals surface area contributed by atoms with Crippen LogP contribution >= 0.6 is 0 Å². The minimum Gasteiger partial charge on any atom is -0.481 e. The van der Waals surface area contributed by atoms with Crippen molar-refractivity contribution in [2.45, 2.75) is 58.6 Å². The van der Waals surface area contributed by atoms with Crippen molar-refractivity contribution in [3.05, 3.63) is 0 Å². The highest BCUT2D eigenvalue weighted by molar-refractivity contribution is 5.72. The van der Waals surface area contributed by atoms with E-state index in [0.717, 1.165) is 12.8 Å². The van der Waals surface area contributed by atoms with Crippen LogP contribution in [0.2, 0.25) is 0 Å². The van der Waals surface area contributed by atoms with Gasteiger partial charge in [-0.25, -0.2) is 5.84 Å². The number of carboxylic acids is 1. The van der Waals surface area contributed by atoms with Crippen molar-refractivity contribution in [2.24, 2.45) is 34.5 Å². The van der Waals surface area contributed by atoms with Crippen molar-refractivity contribution in [3.63, 3.8) is 0 Å². The van der Waals surface area contributed by atoms with Crippen LogP contribution in [0.15, 0.2) is 4.99 Å². The van der Waals surface area contributed by atoms with E-state index in [4.69, 9.17) is 5.84 Å². The van der Waals surface area contributed by atoms with E-state index < -0.39 is 18.0 Å². The largest absolute Gasteiger partial charge is 0.481 e. The molecule has 0 aliphatic heterocycles. The number of nitrogens with zero attached hydrogens (tertiary/aromatic N) is 1. The van der Waals surface area contributed by atoms with Crippen LogP contribution < -0.4 is 16.6 Å². The lowest BCUT2D eigenvalue weighted by atomic mass is 9.80. The standard InChI is InChI=1S/C17H32N4O4/c1-4-5-12(10(2)8-19-11(3)22)6-13-15(20-9-21-18)7-14(16(13)23)17(24)25/h9-10,12-16,23H,4-8,18H2,1-3H3,(H,19,22)(H,20,21)(H,24,25)/t10?,12-,13+,14?,15+,16?/m0/s1. The number of nitrogens with one attached hydrogen (secondary N) is 2. The molecule has 25 heavy (non-hydrogen) atoms. The summed E-state index contributed by atoms with van der Waals surface area (Å²) in [7, 11) is 0. The Morgan fingerprint density at radius 3 is 2.64 bits per heavy atom. The van der Waals surface area contributed by atoms with Gasteiger partial charge in [-0.3, -0.25) is 14.6 Å². The normalized spacial score (nSPS) is 28.7. The first-order chi connectivity index (χ1) is 11.8. The van der Waals surface area contributed by atoms with Crippen LogP contribution in [0.25, 0.3) is 0 Å². The molecule has 8 nitrogen and oxygen atoms in total. The Bertz CT molecular complexity index is 472. The molecule has 0 radical (unpaired) electrons. The summed E-state index contributed by atoms with van der Waals surface area (Å²) in [6.45, 7) is 6.23. The first-order valence-electron chi connectivity index (χ1n) is 8.94. The highest BCUT2D eigenvalue weighted by atomic mass is 16.4. The minimum absolute atomic E-state index is 0.0644. The molecule has 0 heterocycles. The molecule has 144 valence electrons. The maximum absolute atomic E-state index is 11.4. The van der Waals surface area contributed by atoms with Crippen molar-refractivity contribution in [3.8, 4) is 0 Å². The molecule has 8 heteroatoms. The fraction of sp³-hybridized carbons (Fsp3) is 0.824. The molecule has 1 saturated carbocycles. The van der Waals surface area contributed by atoms with Crippen molar-refractivity contribution in [2.75, 3.05) is 6.54 Å². The number of hydrogen-bond donors (Lipinski definition) is 5. The smallest absolute Gasteiger partial charge is 0.309 e. The van der Waals surface area contributed by atoms with Gasteiger partial charge in [0.1, 0.15) is 0 Å². The molecule has 1 aliphatic carbocycles. The van der Waals surface area contributed by atoms with E-state index in [1.807, 2.05) is 0 Å². The molecule has 0 aromatic rings. The van der Waals surface area contributed by atoms with E-state index in [9.17, 15) is 19.8 Å². The Balaban J connectivity index is 2.87. The summed E-state index contributed by atoms with van der Waals surface area (Å²) in [5.41, 5.74) is 2.34. The number of amides is 1. The zero-order valence-electron chi connectivity index (χ0n) is 15.3. The summed E-state index contributed by atoms with van der Waals surface area (Å²) < 4.78 is 0. The number of carbonyl (C=O) groups excluding carboxylic acids is 1. The van der Waals surface area contributed by atoms with Crippen LogP contribution in [0.1, 0.15) is 46.5 Å². The molecule has 1 rings (SSSR count). The second kappa shape index (κ2) is 10.4. The van der Waals surface area contributed by atoms with Gasteiger partial charge in [0.2, 0.25) is 5.91 Å². The Morgan fingerprint density at radius 2 is 2.12 bits per heavy atom. The van der Waals surface area contributed by atoms with E-state index in [2.05, 4.69) is 29.6 Å². The Hall–Kier alpha value is -1.67. The van der Waals surface area contributed by atoms with E-state index in [0.29, 0.717) is 19.4 Å². The van der Waals surface area contributed by atoms with Gasteiger partial charge in [-0.05, 0) is 24.7 Å². The quantitative estimate of drug-likeness (QED) is 0.167. The summed E-state index contributed by atoms with van der Waals surface area (Å²) in [5, 5.41) is 22.7. The number of aliphatic hydroxyl groups is 1. The number of aliphatic carboxylic acids is 1. The van der Waals surface area contributed by atoms with Gasteiger partial charge in [-0.15, -0.1) is 0 Å². The fourth-order valence-electron chi connectivity index (χ4n) is 3.78. The Morgan fingerprint density at radius 1 is 1.44 bits per heavy atom. The topological polar surface area (TPSA) is 137 Å². The van der Waals surface area contributed by atoms with Gasteiger partial charge in [0, 0.05) is 19.4 Å². The number of hydrazine groups is 1. The van der Waals surface area contributed by atoms with Gasteiger partial charge in [0.15, 0.2) is 0 Å². The van der Waals surface area contributed by atoms with E-state index in [-0.39, 0.29) is 29.7 Å². The maximum Gasteiger partial charge on any atom is 0.309 e. The van der Waals surface area contributed by atoms with Crippen LogP contribution in [-0.4, -0.2) is 47.1 Å². The van der Waals surface area contributed by atoms with Crippen molar-refractivity contribution in [1.29, 1.82) is 0 Å². The molecule has 0 spiro atoms. The molecule has 6 atom stereocenters. The Kier molecular flexibility index (Phi) is 8.85. The van der Waals surface area contributed by atoms with E-state index in [1.54, 1.807) is 0 Å². The molecule has 1 amide bonds. The van der Waals surface area contributed by atoms with Gasteiger partial charge < -0.3 is 21.0 Å². The van der Waals surface area contributed by atoms with Gasteiger partial charge in [-0.1, -0.05) is 26.7 Å². The number of carboxylic acid groups (broad SMARTS) is 1. The summed E-state index contributed by atoms with van der Waals surface area (Å²) in [6, 6.07) is -0.278. The third kappa shape index (κ3) is 6.28. The van der Waals surface area contributed by atoms with Gasteiger partial charge in [0.05, 0.1) is 24.4 Å². The zero-order chi connectivity index (χ0) is 19.0. The predicted octanol–water partition coefficient (Wildman–Crippen LogP) is 0.507. The number of aliphatic imine (C=N–C) groups is 1. The summed E-state index contributed by atoms with van der Waals surface area (Å²) in [4.78, 5) is 26.9. The van der Waals surface area contributed by atoms with Crippen LogP contribution in [0.5, 0.6) is 0 Å². The fourth-order valence-corrected chi connectivity index (χ4v) is 3.78. The maximum atomic E-state index is 11.4. The second-order valence-electron chi connectivity index (χ2n) is 7.05. The zero-order valence-corrected chi connectivity index (χ0v) is 15.3. The van der Waals surface area contributed by atoms with E-state index >= 15 is 0 Å². The average molecular weight is 356 g/mol. The first-order valence-corrected chi connectivity index (χ1v) is 8.94. The number of aliphatic hydroxyl groups excluding tert-OH is 1. The lowest BCUT2D eigenvalue weighted by molar-refractivity contribution is -0.145. The highest BCUT2D eigenvalue weighted by Gasteiger charge is 2.46. The van der Waals surface area contributed by atoms with Crippen LogP contribution in [0, 0.1) is 23.7 Å². The molecule has 1 aliphatic rings. The molecular formula is C17H32N4O4. The third-order valence-corrected chi connectivity index (χ3v) is 5.21. The number of nitrogens with two attached hydrogens (primary N) is 1.